The zero-order valence-electron chi connectivity index (χ0n) is 14.1. The summed E-state index contributed by atoms with van der Waals surface area (Å²) in [5.41, 5.74) is 2.19. The smallest absolute Gasteiger partial charge is 0.368 e. The molecule has 0 N–H and O–H groups in total. The summed E-state index contributed by atoms with van der Waals surface area (Å²) in [7, 11) is 1.56. The second-order valence-corrected chi connectivity index (χ2v) is 7.28. The Balaban J connectivity index is 1.83. The predicted octanol–water partition coefficient (Wildman–Crippen LogP) is 2.30. The van der Waals surface area contributed by atoms with Gasteiger partial charge in [-0.1, -0.05) is 50.3 Å². The molecule has 2 heterocycles. The molecule has 0 saturated heterocycles. The fourth-order valence-electron chi connectivity index (χ4n) is 2.11. The molecule has 0 aliphatic carbocycles. The van der Waals surface area contributed by atoms with Gasteiger partial charge in [0, 0.05) is 23.4 Å². The molecule has 24 heavy (non-hydrogen) atoms. The minimum absolute atomic E-state index is 0.0110. The van der Waals surface area contributed by atoms with Gasteiger partial charge in [0.15, 0.2) is 0 Å². The molecule has 0 aliphatic heterocycles. The largest absolute Gasteiger partial charge is 0.465 e. The van der Waals surface area contributed by atoms with Gasteiger partial charge < -0.3 is 4.74 Å². The Morgan fingerprint density at radius 1 is 1.21 bits per heavy atom. The third-order valence-corrected chi connectivity index (χ3v) is 4.30. The van der Waals surface area contributed by atoms with Crippen LogP contribution in [0.5, 0.6) is 5.19 Å². The van der Waals surface area contributed by atoms with Crippen molar-refractivity contribution >= 4 is 11.3 Å². The summed E-state index contributed by atoms with van der Waals surface area (Å²) in [5.74, 6) is 0. The summed E-state index contributed by atoms with van der Waals surface area (Å²) in [5, 5.41) is 10.3. The summed E-state index contributed by atoms with van der Waals surface area (Å²) >= 11 is 1.47. The van der Waals surface area contributed by atoms with Crippen LogP contribution >= 0.6 is 11.3 Å². The highest BCUT2D eigenvalue weighted by molar-refractivity contribution is 7.11. The van der Waals surface area contributed by atoms with E-state index in [2.05, 4.69) is 36.2 Å². The third-order valence-electron chi connectivity index (χ3n) is 3.54. The maximum atomic E-state index is 12.1. The average molecular weight is 345 g/mol. The molecule has 7 nitrogen and oxygen atoms in total. The van der Waals surface area contributed by atoms with E-state index in [1.54, 1.807) is 7.05 Å². The summed E-state index contributed by atoms with van der Waals surface area (Å²) < 4.78 is 8.27. The van der Waals surface area contributed by atoms with Gasteiger partial charge in [0.05, 0.1) is 11.4 Å². The molecule has 3 aromatic rings. The molecular formula is C16H19N5O2S. The van der Waals surface area contributed by atoms with Crippen LogP contribution in [0.25, 0.3) is 5.69 Å². The van der Waals surface area contributed by atoms with Gasteiger partial charge in [-0.05, 0) is 16.5 Å². The molecule has 0 unspecified atom stereocenters. The Kier molecular flexibility index (Phi) is 4.23. The van der Waals surface area contributed by atoms with Crippen molar-refractivity contribution in [2.24, 2.45) is 7.05 Å². The molecule has 2 aromatic heterocycles. The Labute approximate surface area is 143 Å². The lowest BCUT2D eigenvalue weighted by molar-refractivity contribution is 0.302. The Morgan fingerprint density at radius 2 is 1.96 bits per heavy atom. The topological polar surface area (TPSA) is 74.8 Å². The number of nitrogens with zero attached hydrogens (tertiary/aromatic N) is 5. The van der Waals surface area contributed by atoms with Crippen LogP contribution in [0.4, 0.5) is 0 Å². The van der Waals surface area contributed by atoms with E-state index in [1.165, 1.54) is 20.7 Å². The van der Waals surface area contributed by atoms with Gasteiger partial charge in [-0.15, -0.1) is 0 Å². The lowest BCUT2D eigenvalue weighted by Gasteiger charge is -2.14. The zero-order chi connectivity index (χ0) is 17.3. The number of rotatable bonds is 4. The van der Waals surface area contributed by atoms with Crippen molar-refractivity contribution in [3.63, 3.8) is 0 Å². The van der Waals surface area contributed by atoms with Gasteiger partial charge in [-0.3, -0.25) is 0 Å². The molecule has 0 saturated carbocycles. The number of ether oxygens (including phenoxy) is 1. The number of thiazole rings is 1. The number of tetrazole rings is 1. The number of benzene rings is 1. The van der Waals surface area contributed by atoms with E-state index in [9.17, 15) is 4.79 Å². The van der Waals surface area contributed by atoms with Gasteiger partial charge in [-0.2, -0.15) is 9.36 Å². The number of para-hydroxylation sites is 1. The molecule has 126 valence electrons. The van der Waals surface area contributed by atoms with Crippen molar-refractivity contribution in [2.45, 2.75) is 32.8 Å². The fraction of sp³-hybridized carbons (Fsp3) is 0.375. The van der Waals surface area contributed by atoms with E-state index in [1.807, 2.05) is 29.6 Å². The van der Waals surface area contributed by atoms with Crippen molar-refractivity contribution in [1.29, 1.82) is 0 Å². The van der Waals surface area contributed by atoms with Gasteiger partial charge >= 0.3 is 5.69 Å². The normalized spacial score (nSPS) is 11.7. The van der Waals surface area contributed by atoms with E-state index in [4.69, 9.17) is 4.74 Å². The summed E-state index contributed by atoms with van der Waals surface area (Å²) in [4.78, 5) is 16.6. The molecular weight excluding hydrogens is 326 g/mol. The first-order chi connectivity index (χ1) is 11.4. The maximum Gasteiger partial charge on any atom is 0.368 e. The van der Waals surface area contributed by atoms with Crippen molar-refractivity contribution in [3.8, 4) is 10.9 Å². The lowest BCUT2D eigenvalue weighted by Crippen LogP contribution is -2.23. The quantitative estimate of drug-likeness (QED) is 0.725. The predicted molar refractivity (Wildman–Crippen MR) is 91.7 cm³/mol. The molecule has 1 aromatic carbocycles. The molecule has 0 spiro atoms. The molecule has 0 bridgehead atoms. The first kappa shape index (κ1) is 16.4. The van der Waals surface area contributed by atoms with Crippen molar-refractivity contribution in [1.82, 2.24) is 24.8 Å². The minimum Gasteiger partial charge on any atom is -0.465 e. The molecule has 0 radical (unpaired) electrons. The summed E-state index contributed by atoms with van der Waals surface area (Å²) in [6.07, 6.45) is 0. The highest BCUT2D eigenvalue weighted by atomic mass is 32.1. The second-order valence-electron chi connectivity index (χ2n) is 6.46. The van der Waals surface area contributed by atoms with Crippen molar-refractivity contribution < 1.29 is 4.74 Å². The molecule has 3 rings (SSSR count). The lowest BCUT2D eigenvalue weighted by atomic mass is 9.93. The monoisotopic (exact) mass is 345 g/mol. The van der Waals surface area contributed by atoms with Crippen molar-refractivity contribution in [3.05, 3.63) is 51.4 Å². The maximum absolute atomic E-state index is 12.1. The number of hydrogen-bond donors (Lipinski definition) is 0. The van der Waals surface area contributed by atoms with Crippen LogP contribution < -0.4 is 10.4 Å². The molecule has 0 atom stereocenters. The highest BCUT2D eigenvalue weighted by Crippen LogP contribution is 2.28. The molecule has 0 aliphatic rings. The Bertz CT molecular complexity index is 904. The Hall–Kier alpha value is -2.48. The van der Waals surface area contributed by atoms with E-state index < -0.39 is 0 Å². The van der Waals surface area contributed by atoms with E-state index >= 15 is 0 Å². The van der Waals surface area contributed by atoms with Crippen LogP contribution in [0.2, 0.25) is 0 Å². The van der Waals surface area contributed by atoms with Gasteiger partial charge in [0.1, 0.15) is 6.61 Å². The molecule has 8 heteroatoms. The van der Waals surface area contributed by atoms with Crippen LogP contribution in [0.1, 0.15) is 32.0 Å². The molecule has 0 fully saturated rings. The van der Waals surface area contributed by atoms with E-state index in [0.717, 1.165) is 11.3 Å². The van der Waals surface area contributed by atoms with E-state index in [0.29, 0.717) is 17.5 Å². The van der Waals surface area contributed by atoms with Crippen LogP contribution in [0, 0.1) is 0 Å². The zero-order valence-corrected chi connectivity index (χ0v) is 14.9. The summed E-state index contributed by atoms with van der Waals surface area (Å²) in [6, 6.07) is 7.46. The third kappa shape index (κ3) is 3.23. The van der Waals surface area contributed by atoms with Gasteiger partial charge in [0.25, 0.3) is 5.19 Å². The number of hydrogen-bond acceptors (Lipinski definition) is 6. The summed E-state index contributed by atoms with van der Waals surface area (Å²) in [6.45, 7) is 6.64. The first-order valence-corrected chi connectivity index (χ1v) is 8.40. The van der Waals surface area contributed by atoms with Gasteiger partial charge in [-0.25, -0.2) is 9.78 Å². The number of aromatic nitrogens is 5. The van der Waals surface area contributed by atoms with Crippen LogP contribution in [0.15, 0.2) is 34.4 Å². The minimum atomic E-state index is -0.299. The van der Waals surface area contributed by atoms with E-state index in [-0.39, 0.29) is 11.1 Å². The second kappa shape index (κ2) is 6.20. The van der Waals surface area contributed by atoms with Crippen molar-refractivity contribution in [2.75, 3.05) is 0 Å². The Morgan fingerprint density at radius 3 is 2.58 bits per heavy atom. The van der Waals surface area contributed by atoms with Crippen LogP contribution in [0.3, 0.4) is 0 Å². The SMILES string of the molecule is Cn1nnn(-c2ccccc2COc2nc(C(C)(C)C)cs2)c1=O. The fourth-order valence-corrected chi connectivity index (χ4v) is 3.01. The number of aryl methyl sites for hydroxylation is 1. The van der Waals surface area contributed by atoms with Crippen LogP contribution in [-0.4, -0.2) is 24.8 Å². The molecule has 0 amide bonds. The standard InChI is InChI=1S/C16H19N5O2S/c1-16(2,3)13-10-24-14(17-13)23-9-11-7-5-6-8-12(11)21-15(22)20(4)18-19-21/h5-8,10H,9H2,1-4H3. The van der Waals surface area contributed by atoms with Crippen LogP contribution in [-0.2, 0) is 19.1 Å². The van der Waals surface area contributed by atoms with Gasteiger partial charge in [0.2, 0.25) is 0 Å². The highest BCUT2D eigenvalue weighted by Gasteiger charge is 2.18. The first-order valence-electron chi connectivity index (χ1n) is 7.52. The average Bonchev–Trinajstić information content (AvgIpc) is 3.14.